The van der Waals surface area contributed by atoms with Crippen LogP contribution < -0.4 is 10.7 Å². The van der Waals surface area contributed by atoms with Gasteiger partial charge >= 0.3 is 6.18 Å². The van der Waals surface area contributed by atoms with Gasteiger partial charge in [-0.25, -0.2) is 0 Å². The lowest BCUT2D eigenvalue weighted by atomic mass is 10.0. The van der Waals surface area contributed by atoms with E-state index in [0.717, 1.165) is 18.2 Å². The molecule has 1 aliphatic heterocycles. The number of amides is 2. The fourth-order valence-corrected chi connectivity index (χ4v) is 3.73. The molecular formula is C23H19F3N2O4. The van der Waals surface area contributed by atoms with Gasteiger partial charge in [0.25, 0.3) is 5.91 Å². The first-order chi connectivity index (χ1) is 15.2. The minimum absolute atomic E-state index is 0.00367. The normalized spacial score (nSPS) is 15.2. The molecule has 166 valence electrons. The molecule has 0 bridgehead atoms. The van der Waals surface area contributed by atoms with Gasteiger partial charge in [-0.05, 0) is 36.2 Å². The van der Waals surface area contributed by atoms with E-state index in [9.17, 15) is 27.6 Å². The third kappa shape index (κ3) is 4.51. The third-order valence-corrected chi connectivity index (χ3v) is 5.35. The Hall–Kier alpha value is -3.62. The standard InChI is InChI=1S/C23H19F3N2O4/c24-23(25,26)15-6-3-5-14(11-15)17(13-28-10-4-9-21(28)30)27-22(31)20-12-18(29)16-7-1-2-8-19(16)32-20/h1-3,5-8,11-12,17H,4,9-10,13H2,(H,27,31). The number of carbonyl (C=O) groups is 2. The van der Waals surface area contributed by atoms with Gasteiger partial charge in [0.05, 0.1) is 17.0 Å². The van der Waals surface area contributed by atoms with E-state index < -0.39 is 29.1 Å². The zero-order chi connectivity index (χ0) is 22.9. The molecule has 0 radical (unpaired) electrons. The van der Waals surface area contributed by atoms with Crippen LogP contribution in [0.5, 0.6) is 0 Å². The first-order valence-corrected chi connectivity index (χ1v) is 10.0. The number of alkyl halides is 3. The topological polar surface area (TPSA) is 79.6 Å². The number of nitrogens with one attached hydrogen (secondary N) is 1. The van der Waals surface area contributed by atoms with Crippen LogP contribution in [0.4, 0.5) is 13.2 Å². The maximum absolute atomic E-state index is 13.2. The molecule has 1 aromatic heterocycles. The molecule has 1 aliphatic rings. The fraction of sp³-hybridized carbons (Fsp3) is 0.261. The molecule has 3 aromatic rings. The fourth-order valence-electron chi connectivity index (χ4n) is 3.73. The minimum atomic E-state index is -4.56. The lowest BCUT2D eigenvalue weighted by Crippen LogP contribution is -2.39. The molecule has 9 heteroatoms. The van der Waals surface area contributed by atoms with Gasteiger partial charge < -0.3 is 14.6 Å². The zero-order valence-corrected chi connectivity index (χ0v) is 16.8. The van der Waals surface area contributed by atoms with Gasteiger partial charge in [0, 0.05) is 25.6 Å². The highest BCUT2D eigenvalue weighted by molar-refractivity contribution is 5.93. The monoisotopic (exact) mass is 444 g/mol. The second-order valence-corrected chi connectivity index (χ2v) is 7.56. The summed E-state index contributed by atoms with van der Waals surface area (Å²) in [6.45, 7) is 0.457. The first-order valence-electron chi connectivity index (χ1n) is 10.0. The average Bonchev–Trinajstić information content (AvgIpc) is 3.17. The van der Waals surface area contributed by atoms with Crippen molar-refractivity contribution in [2.75, 3.05) is 13.1 Å². The summed E-state index contributed by atoms with van der Waals surface area (Å²) < 4.78 is 45.2. The van der Waals surface area contributed by atoms with Crippen molar-refractivity contribution in [3.8, 4) is 0 Å². The van der Waals surface area contributed by atoms with Crippen molar-refractivity contribution in [3.05, 3.63) is 81.7 Å². The lowest BCUT2D eigenvalue weighted by molar-refractivity contribution is -0.137. The Kier molecular flexibility index (Phi) is 5.73. The van der Waals surface area contributed by atoms with Gasteiger partial charge in [-0.3, -0.25) is 14.4 Å². The molecule has 6 nitrogen and oxygen atoms in total. The Morgan fingerprint density at radius 3 is 2.59 bits per heavy atom. The Labute approximate surface area is 180 Å². The van der Waals surface area contributed by atoms with Crippen LogP contribution in [0.1, 0.15) is 40.6 Å². The number of hydrogen-bond acceptors (Lipinski definition) is 4. The van der Waals surface area contributed by atoms with Gasteiger partial charge in [-0.2, -0.15) is 13.2 Å². The molecule has 32 heavy (non-hydrogen) atoms. The number of hydrogen-bond donors (Lipinski definition) is 1. The Morgan fingerprint density at radius 2 is 1.88 bits per heavy atom. The SMILES string of the molecule is O=C(NC(CN1CCCC1=O)c1cccc(C(F)(F)F)c1)c1cc(=O)c2ccccc2o1. The van der Waals surface area contributed by atoms with Crippen LogP contribution in [-0.2, 0) is 11.0 Å². The van der Waals surface area contributed by atoms with Gasteiger partial charge in [0.2, 0.25) is 5.91 Å². The Morgan fingerprint density at radius 1 is 1.09 bits per heavy atom. The smallest absolute Gasteiger partial charge is 0.416 e. The van der Waals surface area contributed by atoms with Gasteiger partial charge in [-0.15, -0.1) is 0 Å². The highest BCUT2D eigenvalue weighted by Crippen LogP contribution is 2.31. The summed E-state index contributed by atoms with van der Waals surface area (Å²) in [6, 6.07) is 11.1. The van der Waals surface area contributed by atoms with E-state index in [2.05, 4.69) is 5.32 Å². The number of para-hydroxylation sites is 1. The predicted octanol–water partition coefficient (Wildman–Crippen LogP) is 3.91. The van der Waals surface area contributed by atoms with E-state index in [-0.39, 0.29) is 29.4 Å². The summed E-state index contributed by atoms with van der Waals surface area (Å²) in [6.07, 6.45) is -3.57. The summed E-state index contributed by atoms with van der Waals surface area (Å²) in [4.78, 5) is 38.8. The van der Waals surface area contributed by atoms with Crippen LogP contribution in [0, 0.1) is 0 Å². The highest BCUT2D eigenvalue weighted by atomic mass is 19.4. The van der Waals surface area contributed by atoms with Crippen LogP contribution in [-0.4, -0.2) is 29.8 Å². The van der Waals surface area contributed by atoms with Crippen LogP contribution in [0.3, 0.4) is 0 Å². The van der Waals surface area contributed by atoms with Crippen molar-refractivity contribution in [2.24, 2.45) is 0 Å². The number of likely N-dealkylation sites (tertiary alicyclic amines) is 1. The van der Waals surface area contributed by atoms with Crippen molar-refractivity contribution >= 4 is 22.8 Å². The molecule has 1 unspecified atom stereocenters. The molecule has 4 rings (SSSR count). The van der Waals surface area contributed by atoms with Crippen molar-refractivity contribution in [2.45, 2.75) is 25.1 Å². The molecule has 0 spiro atoms. The van der Waals surface area contributed by atoms with Gasteiger partial charge in [0.15, 0.2) is 11.2 Å². The van der Waals surface area contributed by atoms with E-state index in [1.54, 1.807) is 24.3 Å². The number of nitrogens with zero attached hydrogens (tertiary/aromatic N) is 1. The van der Waals surface area contributed by atoms with Crippen LogP contribution in [0.2, 0.25) is 0 Å². The summed E-state index contributed by atoms with van der Waals surface area (Å²) in [7, 11) is 0. The summed E-state index contributed by atoms with van der Waals surface area (Å²) >= 11 is 0. The molecule has 0 saturated carbocycles. The highest BCUT2D eigenvalue weighted by Gasteiger charge is 2.32. The molecule has 1 fully saturated rings. The maximum Gasteiger partial charge on any atom is 0.416 e. The minimum Gasteiger partial charge on any atom is -0.451 e. The number of benzene rings is 2. The van der Waals surface area contributed by atoms with Crippen LogP contribution in [0.15, 0.2) is 63.8 Å². The maximum atomic E-state index is 13.2. The van der Waals surface area contributed by atoms with E-state index in [0.29, 0.717) is 24.8 Å². The number of carbonyl (C=O) groups excluding carboxylic acids is 2. The number of rotatable bonds is 5. The molecule has 0 aliphatic carbocycles. The average molecular weight is 444 g/mol. The molecule has 1 N–H and O–H groups in total. The van der Waals surface area contributed by atoms with E-state index >= 15 is 0 Å². The van der Waals surface area contributed by atoms with Crippen molar-refractivity contribution < 1.29 is 27.2 Å². The quantitative estimate of drug-likeness (QED) is 0.647. The van der Waals surface area contributed by atoms with Crippen molar-refractivity contribution in [3.63, 3.8) is 0 Å². The largest absolute Gasteiger partial charge is 0.451 e. The predicted molar refractivity (Wildman–Crippen MR) is 110 cm³/mol. The van der Waals surface area contributed by atoms with E-state index in [1.165, 1.54) is 17.0 Å². The molecular weight excluding hydrogens is 425 g/mol. The van der Waals surface area contributed by atoms with Gasteiger partial charge in [-0.1, -0.05) is 24.3 Å². The first kappa shape index (κ1) is 21.6. The van der Waals surface area contributed by atoms with Crippen molar-refractivity contribution in [1.82, 2.24) is 10.2 Å². The summed E-state index contributed by atoms with van der Waals surface area (Å²) in [5.41, 5.74) is -0.868. The van der Waals surface area contributed by atoms with E-state index in [4.69, 9.17) is 4.42 Å². The van der Waals surface area contributed by atoms with Crippen LogP contribution >= 0.6 is 0 Å². The van der Waals surface area contributed by atoms with Gasteiger partial charge in [0.1, 0.15) is 5.58 Å². The lowest BCUT2D eigenvalue weighted by Gasteiger charge is -2.25. The second kappa shape index (κ2) is 8.49. The zero-order valence-electron chi connectivity index (χ0n) is 16.8. The van der Waals surface area contributed by atoms with Crippen LogP contribution in [0.25, 0.3) is 11.0 Å². The summed E-state index contributed by atoms with van der Waals surface area (Å²) in [5.74, 6) is -1.16. The second-order valence-electron chi connectivity index (χ2n) is 7.56. The summed E-state index contributed by atoms with van der Waals surface area (Å²) in [5, 5.41) is 2.94. The van der Waals surface area contributed by atoms with Crippen molar-refractivity contribution in [1.29, 1.82) is 0 Å². The molecule has 1 saturated heterocycles. The Balaban J connectivity index is 1.67. The molecule has 2 aromatic carbocycles. The third-order valence-electron chi connectivity index (χ3n) is 5.35. The number of fused-ring (bicyclic) bond motifs is 1. The van der Waals surface area contributed by atoms with E-state index in [1.807, 2.05) is 0 Å². The number of halogens is 3. The Bertz CT molecular complexity index is 1240. The molecule has 2 amide bonds. The molecule has 2 heterocycles. The molecule has 1 atom stereocenters.